The molecule has 1 saturated heterocycles. The van der Waals surface area contributed by atoms with Crippen molar-refractivity contribution >= 4 is 11.9 Å². The van der Waals surface area contributed by atoms with Gasteiger partial charge in [0, 0.05) is 25.4 Å². The summed E-state index contributed by atoms with van der Waals surface area (Å²) in [6.07, 6.45) is 5.82. The van der Waals surface area contributed by atoms with Crippen LogP contribution in [0.15, 0.2) is 42.6 Å². The maximum Gasteiger partial charge on any atom is 0.246 e. The molecule has 1 N–H and O–H groups in total. The van der Waals surface area contributed by atoms with Gasteiger partial charge in [0.05, 0.1) is 24.9 Å². The van der Waals surface area contributed by atoms with Gasteiger partial charge in [0.25, 0.3) is 0 Å². The molecule has 4 rings (SSSR count). The van der Waals surface area contributed by atoms with Crippen molar-refractivity contribution in [2.75, 3.05) is 38.3 Å². The van der Waals surface area contributed by atoms with E-state index in [2.05, 4.69) is 27.3 Å². The molecular formula is C22H28N4O3. The van der Waals surface area contributed by atoms with Crippen LogP contribution in [-0.2, 0) is 14.3 Å². The molecule has 29 heavy (non-hydrogen) atoms. The van der Waals surface area contributed by atoms with Crippen LogP contribution in [0.5, 0.6) is 0 Å². The number of aromatic nitrogens is 2. The van der Waals surface area contributed by atoms with E-state index >= 15 is 0 Å². The fourth-order valence-corrected chi connectivity index (χ4v) is 4.39. The van der Waals surface area contributed by atoms with Crippen LogP contribution in [0.1, 0.15) is 25.7 Å². The van der Waals surface area contributed by atoms with Crippen molar-refractivity contribution in [3.05, 3.63) is 42.6 Å². The van der Waals surface area contributed by atoms with Crippen LogP contribution >= 0.6 is 0 Å². The van der Waals surface area contributed by atoms with Crippen molar-refractivity contribution in [2.45, 2.75) is 37.3 Å². The highest BCUT2D eigenvalue weighted by Crippen LogP contribution is 2.36. The molecule has 2 heterocycles. The number of hydrogen-bond acceptors (Lipinski definition) is 6. The molecule has 1 saturated carbocycles. The number of hydrogen-bond donors (Lipinski definition) is 1. The number of carbonyl (C=O) groups is 1. The van der Waals surface area contributed by atoms with E-state index in [4.69, 9.17) is 14.5 Å². The van der Waals surface area contributed by atoms with Gasteiger partial charge in [-0.1, -0.05) is 43.2 Å². The number of morpholine rings is 1. The van der Waals surface area contributed by atoms with Crippen molar-refractivity contribution in [3.63, 3.8) is 0 Å². The molecule has 154 valence electrons. The average molecular weight is 396 g/mol. The molecule has 1 spiro atoms. The van der Waals surface area contributed by atoms with Crippen molar-refractivity contribution in [3.8, 4) is 11.3 Å². The van der Waals surface area contributed by atoms with E-state index in [9.17, 15) is 4.79 Å². The predicted molar refractivity (Wildman–Crippen MR) is 111 cm³/mol. The molecule has 2 atom stereocenters. The first kappa shape index (κ1) is 19.8. The fourth-order valence-electron chi connectivity index (χ4n) is 4.39. The summed E-state index contributed by atoms with van der Waals surface area (Å²) in [6, 6.07) is 12.0. The summed E-state index contributed by atoms with van der Waals surface area (Å²) < 4.78 is 11.3. The van der Waals surface area contributed by atoms with Gasteiger partial charge in [0.2, 0.25) is 11.9 Å². The second kappa shape index (κ2) is 8.88. The summed E-state index contributed by atoms with van der Waals surface area (Å²) in [5.41, 5.74) is 1.57. The minimum absolute atomic E-state index is 0.0287. The van der Waals surface area contributed by atoms with E-state index in [1.165, 1.54) is 7.11 Å². The third kappa shape index (κ3) is 4.41. The Morgan fingerprint density at radius 1 is 1.31 bits per heavy atom. The van der Waals surface area contributed by atoms with Crippen LogP contribution in [0.2, 0.25) is 0 Å². The van der Waals surface area contributed by atoms with Crippen molar-refractivity contribution in [1.29, 1.82) is 0 Å². The summed E-state index contributed by atoms with van der Waals surface area (Å²) in [4.78, 5) is 23.7. The van der Waals surface area contributed by atoms with Gasteiger partial charge in [-0.2, -0.15) is 0 Å². The van der Waals surface area contributed by atoms with E-state index in [1.807, 2.05) is 30.5 Å². The summed E-state index contributed by atoms with van der Waals surface area (Å²) >= 11 is 0. The van der Waals surface area contributed by atoms with Crippen LogP contribution in [0.4, 0.5) is 5.95 Å². The molecule has 2 aliphatic rings. The van der Waals surface area contributed by atoms with Crippen LogP contribution in [0.3, 0.4) is 0 Å². The molecular weight excluding hydrogens is 368 g/mol. The van der Waals surface area contributed by atoms with Crippen LogP contribution in [-0.4, -0.2) is 60.9 Å². The zero-order chi connectivity index (χ0) is 20.1. The highest BCUT2D eigenvalue weighted by molar-refractivity contribution is 5.77. The number of methoxy groups -OCH3 is 1. The highest BCUT2D eigenvalue weighted by Gasteiger charge is 2.46. The Morgan fingerprint density at radius 2 is 2.17 bits per heavy atom. The third-order valence-electron chi connectivity index (χ3n) is 5.79. The molecule has 2 aromatic rings. The van der Waals surface area contributed by atoms with Gasteiger partial charge in [-0.3, -0.25) is 4.79 Å². The Hall–Kier alpha value is -2.51. The highest BCUT2D eigenvalue weighted by atomic mass is 16.5. The number of benzene rings is 1. The van der Waals surface area contributed by atoms with Gasteiger partial charge in [-0.15, -0.1) is 0 Å². The first-order valence-corrected chi connectivity index (χ1v) is 10.3. The minimum Gasteiger partial charge on any atom is -0.375 e. The molecule has 2 fully saturated rings. The zero-order valence-corrected chi connectivity index (χ0v) is 16.8. The molecule has 1 aliphatic heterocycles. The Bertz CT molecular complexity index is 828. The monoisotopic (exact) mass is 396 g/mol. The first-order chi connectivity index (χ1) is 14.2. The molecule has 0 unspecified atom stereocenters. The largest absolute Gasteiger partial charge is 0.375 e. The van der Waals surface area contributed by atoms with E-state index in [1.54, 1.807) is 0 Å². The number of nitrogens with zero attached hydrogens (tertiary/aromatic N) is 3. The topological polar surface area (TPSA) is 76.6 Å². The number of nitrogens with one attached hydrogen (secondary N) is 1. The first-order valence-electron chi connectivity index (χ1n) is 10.3. The molecule has 0 bridgehead atoms. The lowest BCUT2D eigenvalue weighted by Crippen LogP contribution is -2.64. The number of anilines is 1. The van der Waals surface area contributed by atoms with E-state index in [0.29, 0.717) is 19.1 Å². The standard InChI is InChI=1S/C22H28N4O3/c1-28-15-20(27)25-19-9-5-6-11-22(19)16-26(13-14-29-22)21-23-12-10-18(24-21)17-7-3-2-4-8-17/h2-4,7-8,10,12,19H,5-6,9,11,13-16H2,1H3,(H,25,27)/t19-,22-/m1/s1. The van der Waals surface area contributed by atoms with Gasteiger partial charge >= 0.3 is 0 Å². The van der Waals surface area contributed by atoms with Crippen LogP contribution < -0.4 is 10.2 Å². The quantitative estimate of drug-likeness (QED) is 0.837. The van der Waals surface area contributed by atoms with Gasteiger partial charge in [-0.25, -0.2) is 9.97 Å². The number of amides is 1. The van der Waals surface area contributed by atoms with Crippen LogP contribution in [0, 0.1) is 0 Å². The maximum atomic E-state index is 12.2. The summed E-state index contributed by atoms with van der Waals surface area (Å²) in [5.74, 6) is 0.614. The molecule has 1 aromatic carbocycles. The lowest BCUT2D eigenvalue weighted by molar-refractivity contribution is -0.134. The normalized spacial score (nSPS) is 24.4. The van der Waals surface area contributed by atoms with Crippen LogP contribution in [0.25, 0.3) is 11.3 Å². The van der Waals surface area contributed by atoms with Crippen molar-refractivity contribution < 1.29 is 14.3 Å². The maximum absolute atomic E-state index is 12.2. The Kier molecular flexibility index (Phi) is 6.06. The summed E-state index contributed by atoms with van der Waals surface area (Å²) in [5, 5.41) is 3.13. The average Bonchev–Trinajstić information content (AvgIpc) is 2.77. The van der Waals surface area contributed by atoms with E-state index in [0.717, 1.165) is 43.5 Å². The molecule has 1 amide bonds. The molecule has 1 aliphatic carbocycles. The lowest BCUT2D eigenvalue weighted by atomic mass is 9.79. The predicted octanol–water partition coefficient (Wildman–Crippen LogP) is 2.42. The summed E-state index contributed by atoms with van der Waals surface area (Å²) in [7, 11) is 1.53. The summed E-state index contributed by atoms with van der Waals surface area (Å²) in [6.45, 7) is 2.07. The van der Waals surface area contributed by atoms with Gasteiger partial charge in [0.15, 0.2) is 0 Å². The van der Waals surface area contributed by atoms with Crippen molar-refractivity contribution in [1.82, 2.24) is 15.3 Å². The van der Waals surface area contributed by atoms with E-state index < -0.39 is 5.60 Å². The minimum atomic E-state index is -0.411. The number of carbonyl (C=O) groups excluding carboxylic acids is 1. The van der Waals surface area contributed by atoms with E-state index in [-0.39, 0.29) is 18.6 Å². The molecule has 7 nitrogen and oxygen atoms in total. The fraction of sp³-hybridized carbons (Fsp3) is 0.500. The molecule has 7 heteroatoms. The Labute approximate surface area is 171 Å². The number of ether oxygens (including phenoxy) is 2. The second-order valence-electron chi connectivity index (χ2n) is 7.74. The number of rotatable bonds is 5. The molecule has 0 radical (unpaired) electrons. The second-order valence-corrected chi connectivity index (χ2v) is 7.74. The molecule has 1 aromatic heterocycles. The third-order valence-corrected chi connectivity index (χ3v) is 5.79. The lowest BCUT2D eigenvalue weighted by Gasteiger charge is -2.49. The Balaban J connectivity index is 1.55. The van der Waals surface area contributed by atoms with Gasteiger partial charge in [-0.05, 0) is 18.9 Å². The zero-order valence-electron chi connectivity index (χ0n) is 16.8. The Morgan fingerprint density at radius 3 is 3.00 bits per heavy atom. The van der Waals surface area contributed by atoms with Crippen molar-refractivity contribution in [2.24, 2.45) is 0 Å². The smallest absolute Gasteiger partial charge is 0.246 e. The van der Waals surface area contributed by atoms with Gasteiger partial charge in [0.1, 0.15) is 12.2 Å². The van der Waals surface area contributed by atoms with Gasteiger partial charge < -0.3 is 19.7 Å². The SMILES string of the molecule is COCC(=O)N[C@@H]1CCCC[C@@]12CN(c1nccc(-c3ccccc3)n1)CCO2.